The second kappa shape index (κ2) is 7.50. The quantitative estimate of drug-likeness (QED) is 0.797. The summed E-state index contributed by atoms with van der Waals surface area (Å²) in [4.78, 5) is 14.3. The van der Waals surface area contributed by atoms with Crippen LogP contribution in [0.25, 0.3) is 0 Å². The minimum Gasteiger partial charge on any atom is -0.444 e. The Balaban J connectivity index is 1.78. The van der Waals surface area contributed by atoms with Gasteiger partial charge in [0.15, 0.2) is 0 Å². The van der Waals surface area contributed by atoms with Gasteiger partial charge in [-0.05, 0) is 31.9 Å². The minimum atomic E-state index is -0.506. The number of amides is 1. The Morgan fingerprint density at radius 2 is 1.65 bits per heavy atom. The van der Waals surface area contributed by atoms with Crippen molar-refractivity contribution in [2.45, 2.75) is 45.0 Å². The van der Waals surface area contributed by atoms with Crippen molar-refractivity contribution in [3.05, 3.63) is 71.8 Å². The lowest BCUT2D eigenvalue weighted by Gasteiger charge is -2.31. The fraction of sp³-hybridized carbons (Fsp3) is 0.409. The van der Waals surface area contributed by atoms with E-state index in [9.17, 15) is 4.79 Å². The first-order valence-corrected chi connectivity index (χ1v) is 9.09. The van der Waals surface area contributed by atoms with Crippen LogP contribution in [0.15, 0.2) is 60.7 Å². The van der Waals surface area contributed by atoms with Gasteiger partial charge < -0.3 is 14.4 Å². The predicted octanol–water partition coefficient (Wildman–Crippen LogP) is 4.74. The number of hydrogen-bond acceptors (Lipinski definition) is 3. The van der Waals surface area contributed by atoms with Crippen molar-refractivity contribution >= 4 is 6.09 Å². The first-order valence-electron chi connectivity index (χ1n) is 9.09. The molecule has 1 atom stereocenters. The van der Waals surface area contributed by atoms with E-state index in [0.717, 1.165) is 17.5 Å². The molecule has 0 bridgehead atoms. The van der Waals surface area contributed by atoms with Crippen molar-refractivity contribution in [2.24, 2.45) is 0 Å². The molecule has 1 amide bonds. The van der Waals surface area contributed by atoms with Gasteiger partial charge in [0.1, 0.15) is 11.2 Å². The zero-order chi connectivity index (χ0) is 18.6. The molecule has 1 unspecified atom stereocenters. The summed E-state index contributed by atoms with van der Waals surface area (Å²) in [5, 5.41) is 0. The van der Waals surface area contributed by atoms with E-state index < -0.39 is 11.2 Å². The highest BCUT2D eigenvalue weighted by atomic mass is 16.6. The maximum atomic E-state index is 12.5. The lowest BCUT2D eigenvalue weighted by Crippen LogP contribution is -2.39. The smallest absolute Gasteiger partial charge is 0.410 e. The highest BCUT2D eigenvalue weighted by Gasteiger charge is 2.43. The molecule has 1 aliphatic rings. The topological polar surface area (TPSA) is 38.8 Å². The largest absolute Gasteiger partial charge is 0.444 e. The SMILES string of the molecule is CC(C)(C)OC(=O)N1CCC(OCc2ccccc2)(c2ccccc2)C1. The van der Waals surface area contributed by atoms with Crippen LogP contribution in [0.1, 0.15) is 38.3 Å². The van der Waals surface area contributed by atoms with E-state index in [1.807, 2.05) is 57.2 Å². The van der Waals surface area contributed by atoms with E-state index in [-0.39, 0.29) is 6.09 Å². The molecule has 1 heterocycles. The molecule has 0 saturated carbocycles. The third kappa shape index (κ3) is 4.44. The highest BCUT2D eigenvalue weighted by Crippen LogP contribution is 2.37. The molecule has 0 aromatic heterocycles. The van der Waals surface area contributed by atoms with Gasteiger partial charge in [-0.1, -0.05) is 60.7 Å². The van der Waals surface area contributed by atoms with Crippen molar-refractivity contribution < 1.29 is 14.3 Å². The van der Waals surface area contributed by atoms with Gasteiger partial charge in [-0.15, -0.1) is 0 Å². The summed E-state index contributed by atoms with van der Waals surface area (Å²) in [5.41, 5.74) is 1.22. The Labute approximate surface area is 155 Å². The van der Waals surface area contributed by atoms with Crippen molar-refractivity contribution in [1.29, 1.82) is 0 Å². The molecular weight excluding hydrogens is 326 g/mol. The summed E-state index contributed by atoms with van der Waals surface area (Å²) in [7, 11) is 0. The maximum Gasteiger partial charge on any atom is 0.410 e. The van der Waals surface area contributed by atoms with Crippen molar-refractivity contribution in [1.82, 2.24) is 4.90 Å². The molecule has 0 N–H and O–H groups in total. The van der Waals surface area contributed by atoms with Crippen molar-refractivity contribution in [2.75, 3.05) is 13.1 Å². The van der Waals surface area contributed by atoms with Crippen LogP contribution in [0.5, 0.6) is 0 Å². The standard InChI is InChI=1S/C22H27NO3/c1-21(2,3)26-20(24)23-15-14-22(17-23,19-12-8-5-9-13-19)25-16-18-10-6-4-7-11-18/h4-13H,14-17H2,1-3H3. The van der Waals surface area contributed by atoms with Crippen LogP contribution >= 0.6 is 0 Å². The number of nitrogens with zero attached hydrogens (tertiary/aromatic N) is 1. The number of carbonyl (C=O) groups is 1. The average Bonchev–Trinajstić information content (AvgIpc) is 3.06. The molecule has 138 valence electrons. The average molecular weight is 353 g/mol. The van der Waals surface area contributed by atoms with Crippen LogP contribution < -0.4 is 0 Å². The summed E-state index contributed by atoms with van der Waals surface area (Å²) in [6.45, 7) is 7.29. The van der Waals surface area contributed by atoms with Crippen LogP contribution in [-0.4, -0.2) is 29.7 Å². The molecule has 4 nitrogen and oxygen atoms in total. The zero-order valence-electron chi connectivity index (χ0n) is 15.8. The van der Waals surface area contributed by atoms with Gasteiger partial charge in [-0.2, -0.15) is 0 Å². The van der Waals surface area contributed by atoms with Gasteiger partial charge >= 0.3 is 6.09 Å². The van der Waals surface area contributed by atoms with Crippen LogP contribution in [0.3, 0.4) is 0 Å². The van der Waals surface area contributed by atoms with E-state index in [2.05, 4.69) is 24.3 Å². The molecule has 2 aromatic rings. The van der Waals surface area contributed by atoms with Crippen LogP contribution in [0.2, 0.25) is 0 Å². The number of likely N-dealkylation sites (tertiary alicyclic amines) is 1. The highest BCUT2D eigenvalue weighted by molar-refractivity contribution is 5.68. The molecule has 3 rings (SSSR count). The predicted molar refractivity (Wildman–Crippen MR) is 102 cm³/mol. The molecule has 0 aliphatic carbocycles. The third-order valence-corrected chi connectivity index (χ3v) is 4.54. The fourth-order valence-corrected chi connectivity index (χ4v) is 3.24. The number of carbonyl (C=O) groups excluding carboxylic acids is 1. The lowest BCUT2D eigenvalue weighted by molar-refractivity contribution is -0.0554. The molecule has 2 aromatic carbocycles. The van der Waals surface area contributed by atoms with E-state index >= 15 is 0 Å². The van der Waals surface area contributed by atoms with Crippen LogP contribution in [-0.2, 0) is 21.7 Å². The second-order valence-electron chi connectivity index (χ2n) is 7.79. The summed E-state index contributed by atoms with van der Waals surface area (Å²) in [6.07, 6.45) is 0.474. The van der Waals surface area contributed by atoms with E-state index in [0.29, 0.717) is 19.7 Å². The van der Waals surface area contributed by atoms with Crippen LogP contribution in [0.4, 0.5) is 4.79 Å². The number of benzene rings is 2. The molecule has 0 radical (unpaired) electrons. The van der Waals surface area contributed by atoms with Gasteiger partial charge in [-0.3, -0.25) is 0 Å². The van der Waals surface area contributed by atoms with Gasteiger partial charge in [0.05, 0.1) is 13.2 Å². The Kier molecular flexibility index (Phi) is 5.33. The summed E-state index contributed by atoms with van der Waals surface area (Å²) < 4.78 is 12.0. The van der Waals surface area contributed by atoms with E-state index in [1.165, 1.54) is 0 Å². The molecular formula is C22H27NO3. The van der Waals surface area contributed by atoms with E-state index in [1.54, 1.807) is 4.90 Å². The molecule has 1 saturated heterocycles. The number of hydrogen-bond donors (Lipinski definition) is 0. The Morgan fingerprint density at radius 3 is 2.27 bits per heavy atom. The van der Waals surface area contributed by atoms with Crippen molar-refractivity contribution in [3.8, 4) is 0 Å². The molecule has 4 heteroatoms. The fourth-order valence-electron chi connectivity index (χ4n) is 3.24. The maximum absolute atomic E-state index is 12.5. The monoisotopic (exact) mass is 353 g/mol. The molecule has 26 heavy (non-hydrogen) atoms. The third-order valence-electron chi connectivity index (χ3n) is 4.54. The first kappa shape index (κ1) is 18.5. The van der Waals surface area contributed by atoms with Gasteiger partial charge in [-0.25, -0.2) is 4.79 Å². The lowest BCUT2D eigenvalue weighted by atomic mass is 9.92. The summed E-state index contributed by atoms with van der Waals surface area (Å²) in [5.74, 6) is 0. The van der Waals surface area contributed by atoms with Gasteiger partial charge in [0.25, 0.3) is 0 Å². The molecule has 1 aliphatic heterocycles. The first-order chi connectivity index (χ1) is 12.4. The summed E-state index contributed by atoms with van der Waals surface area (Å²) >= 11 is 0. The Hall–Kier alpha value is -2.33. The number of ether oxygens (including phenoxy) is 2. The van der Waals surface area contributed by atoms with Gasteiger partial charge in [0.2, 0.25) is 0 Å². The normalized spacial score (nSPS) is 20.2. The van der Waals surface area contributed by atoms with Crippen molar-refractivity contribution in [3.63, 3.8) is 0 Å². The Bertz CT molecular complexity index is 724. The van der Waals surface area contributed by atoms with Crippen LogP contribution in [0, 0.1) is 0 Å². The second-order valence-corrected chi connectivity index (χ2v) is 7.79. The number of rotatable bonds is 4. The minimum absolute atomic E-state index is 0.279. The summed E-state index contributed by atoms with van der Waals surface area (Å²) in [6, 6.07) is 20.3. The van der Waals surface area contributed by atoms with E-state index in [4.69, 9.17) is 9.47 Å². The molecule has 0 spiro atoms. The molecule has 1 fully saturated rings. The zero-order valence-corrected chi connectivity index (χ0v) is 15.8. The Morgan fingerprint density at radius 1 is 1.04 bits per heavy atom. The van der Waals surface area contributed by atoms with Gasteiger partial charge in [0, 0.05) is 13.0 Å².